The molecule has 21 heavy (non-hydrogen) atoms. The van der Waals surface area contributed by atoms with Crippen LogP contribution in [0.2, 0.25) is 0 Å². The van der Waals surface area contributed by atoms with E-state index in [-0.39, 0.29) is 22.0 Å². The molecule has 0 saturated carbocycles. The molecule has 1 amide bonds. The van der Waals surface area contributed by atoms with E-state index in [0.717, 1.165) is 18.6 Å². The molecule has 0 fully saturated rings. The molecule has 1 aromatic rings. The zero-order chi connectivity index (χ0) is 16.4. The van der Waals surface area contributed by atoms with E-state index in [2.05, 4.69) is 21.2 Å². The highest BCUT2D eigenvalue weighted by Crippen LogP contribution is 2.26. The number of rotatable bonds is 5. The molecule has 1 aromatic carbocycles. The lowest BCUT2D eigenvalue weighted by Crippen LogP contribution is -2.37. The van der Waals surface area contributed by atoms with Crippen molar-refractivity contribution in [2.24, 2.45) is 11.1 Å². The average Bonchev–Trinajstić information content (AvgIpc) is 2.38. The Morgan fingerprint density at radius 2 is 2.00 bits per heavy atom. The summed E-state index contributed by atoms with van der Waals surface area (Å²) in [5.74, 6) is -1.16. The fourth-order valence-corrected chi connectivity index (χ4v) is 3.23. The van der Waals surface area contributed by atoms with Gasteiger partial charge in [0.25, 0.3) is 5.91 Å². The third kappa shape index (κ3) is 4.49. The van der Waals surface area contributed by atoms with Gasteiger partial charge >= 0.3 is 0 Å². The first-order valence-corrected chi connectivity index (χ1v) is 8.74. The van der Waals surface area contributed by atoms with Crippen LogP contribution in [0.15, 0.2) is 21.5 Å². The van der Waals surface area contributed by atoms with Crippen molar-refractivity contribution in [2.75, 3.05) is 0 Å². The van der Waals surface area contributed by atoms with E-state index in [1.807, 2.05) is 20.8 Å². The van der Waals surface area contributed by atoms with Gasteiger partial charge < -0.3 is 5.32 Å². The maximum Gasteiger partial charge on any atom is 0.251 e. The van der Waals surface area contributed by atoms with E-state index in [1.54, 1.807) is 0 Å². The summed E-state index contributed by atoms with van der Waals surface area (Å²) >= 11 is 2.82. The molecule has 0 spiro atoms. The maximum atomic E-state index is 13.7. The Balaban J connectivity index is 3.15. The molecule has 0 saturated heterocycles. The molecular formula is C13H18BrFN2O3S. The second-order valence-electron chi connectivity index (χ2n) is 4.96. The predicted molar refractivity (Wildman–Crippen MR) is 81.9 cm³/mol. The van der Waals surface area contributed by atoms with Gasteiger partial charge in [-0.15, -0.1) is 0 Å². The molecule has 5 nitrogen and oxygen atoms in total. The molecule has 0 heterocycles. The van der Waals surface area contributed by atoms with Crippen LogP contribution in [-0.4, -0.2) is 20.4 Å². The van der Waals surface area contributed by atoms with Gasteiger partial charge in [0.1, 0.15) is 5.82 Å². The summed E-state index contributed by atoms with van der Waals surface area (Å²) in [5, 5.41) is 7.73. The summed E-state index contributed by atoms with van der Waals surface area (Å²) in [7, 11) is -4.13. The SMILES string of the molecule is CCC(C)C(C)NC(=O)c1cc(F)c(Br)c(S(N)(=O)=O)c1. The number of amides is 1. The molecule has 0 aliphatic rings. The second kappa shape index (κ2) is 6.85. The first kappa shape index (κ1) is 18.1. The zero-order valence-corrected chi connectivity index (χ0v) is 14.4. The van der Waals surface area contributed by atoms with E-state index in [0.29, 0.717) is 0 Å². The first-order valence-electron chi connectivity index (χ1n) is 6.40. The monoisotopic (exact) mass is 380 g/mol. The smallest absolute Gasteiger partial charge is 0.251 e. The van der Waals surface area contributed by atoms with Crippen molar-refractivity contribution in [3.8, 4) is 0 Å². The molecule has 1 rings (SSSR count). The van der Waals surface area contributed by atoms with Gasteiger partial charge in [-0.25, -0.2) is 17.9 Å². The van der Waals surface area contributed by atoms with Crippen LogP contribution in [0, 0.1) is 11.7 Å². The van der Waals surface area contributed by atoms with Crippen molar-refractivity contribution in [3.63, 3.8) is 0 Å². The van der Waals surface area contributed by atoms with Gasteiger partial charge in [-0.05, 0) is 40.9 Å². The highest BCUT2D eigenvalue weighted by Gasteiger charge is 2.21. The molecular weight excluding hydrogens is 363 g/mol. The van der Waals surface area contributed by atoms with Gasteiger partial charge in [0, 0.05) is 11.6 Å². The molecule has 118 valence electrons. The molecule has 0 aliphatic heterocycles. The molecule has 2 atom stereocenters. The first-order chi connectivity index (χ1) is 9.57. The van der Waals surface area contributed by atoms with E-state index >= 15 is 0 Å². The average molecular weight is 381 g/mol. The van der Waals surface area contributed by atoms with E-state index in [1.165, 1.54) is 0 Å². The number of hydrogen-bond donors (Lipinski definition) is 2. The Labute approximate surface area is 132 Å². The minimum absolute atomic E-state index is 0.0881. The Kier molecular flexibility index (Phi) is 5.89. The Bertz CT molecular complexity index is 649. The van der Waals surface area contributed by atoms with Crippen LogP contribution in [0.1, 0.15) is 37.6 Å². The summed E-state index contributed by atoms with van der Waals surface area (Å²) in [6.45, 7) is 5.80. The van der Waals surface area contributed by atoms with Crippen LogP contribution >= 0.6 is 15.9 Å². The summed E-state index contributed by atoms with van der Waals surface area (Å²) in [4.78, 5) is 11.6. The van der Waals surface area contributed by atoms with Gasteiger partial charge in [0.15, 0.2) is 0 Å². The number of halogens is 2. The second-order valence-corrected chi connectivity index (χ2v) is 7.29. The number of nitrogens with one attached hydrogen (secondary N) is 1. The minimum Gasteiger partial charge on any atom is -0.349 e. The quantitative estimate of drug-likeness (QED) is 0.821. The van der Waals surface area contributed by atoms with Gasteiger partial charge in [0.2, 0.25) is 10.0 Å². The van der Waals surface area contributed by atoms with Crippen molar-refractivity contribution >= 4 is 31.9 Å². The Hall–Kier alpha value is -0.990. The number of sulfonamides is 1. The van der Waals surface area contributed by atoms with Crippen LogP contribution in [0.4, 0.5) is 4.39 Å². The standard InChI is InChI=1S/C13H18BrFN2O3S/c1-4-7(2)8(3)17-13(18)9-5-10(15)12(14)11(6-9)21(16,19)20/h5-8H,4H2,1-3H3,(H,17,18)(H2,16,19,20). The van der Waals surface area contributed by atoms with E-state index in [9.17, 15) is 17.6 Å². The van der Waals surface area contributed by atoms with E-state index in [4.69, 9.17) is 5.14 Å². The lowest BCUT2D eigenvalue weighted by Gasteiger charge is -2.20. The van der Waals surface area contributed by atoms with E-state index < -0.39 is 26.6 Å². The van der Waals surface area contributed by atoms with Crippen LogP contribution in [-0.2, 0) is 10.0 Å². The molecule has 0 bridgehead atoms. The van der Waals surface area contributed by atoms with Crippen molar-refractivity contribution in [2.45, 2.75) is 38.1 Å². The fourth-order valence-electron chi connectivity index (χ4n) is 1.69. The number of carbonyl (C=O) groups excluding carboxylic acids is 1. The number of hydrogen-bond acceptors (Lipinski definition) is 3. The molecule has 2 unspecified atom stereocenters. The maximum absolute atomic E-state index is 13.7. The predicted octanol–water partition coefficient (Wildman–Crippen LogP) is 2.40. The summed E-state index contributed by atoms with van der Waals surface area (Å²) in [6, 6.07) is 1.91. The highest BCUT2D eigenvalue weighted by molar-refractivity contribution is 9.10. The van der Waals surface area contributed by atoms with Gasteiger partial charge in [0.05, 0.1) is 9.37 Å². The molecule has 8 heteroatoms. The van der Waals surface area contributed by atoms with Crippen molar-refractivity contribution in [3.05, 3.63) is 28.0 Å². The van der Waals surface area contributed by atoms with Crippen LogP contribution in [0.5, 0.6) is 0 Å². The normalized spacial score (nSPS) is 14.6. The third-order valence-corrected chi connectivity index (χ3v) is 5.42. The molecule has 3 N–H and O–H groups in total. The fraction of sp³-hybridized carbons (Fsp3) is 0.462. The number of carbonyl (C=O) groups is 1. The highest BCUT2D eigenvalue weighted by atomic mass is 79.9. The van der Waals surface area contributed by atoms with Crippen molar-refractivity contribution < 1.29 is 17.6 Å². The Morgan fingerprint density at radius 3 is 2.48 bits per heavy atom. The lowest BCUT2D eigenvalue weighted by molar-refractivity contribution is 0.0927. The van der Waals surface area contributed by atoms with Crippen molar-refractivity contribution in [1.29, 1.82) is 0 Å². The van der Waals surface area contributed by atoms with Gasteiger partial charge in [-0.2, -0.15) is 0 Å². The van der Waals surface area contributed by atoms with Gasteiger partial charge in [-0.3, -0.25) is 4.79 Å². The summed E-state index contributed by atoms with van der Waals surface area (Å²) < 4.78 is 36.3. The number of benzene rings is 1. The Morgan fingerprint density at radius 1 is 1.43 bits per heavy atom. The topological polar surface area (TPSA) is 89.3 Å². The number of nitrogens with two attached hydrogens (primary N) is 1. The largest absolute Gasteiger partial charge is 0.349 e. The third-order valence-electron chi connectivity index (χ3n) is 3.42. The summed E-state index contributed by atoms with van der Waals surface area (Å²) in [5.41, 5.74) is -0.0881. The van der Waals surface area contributed by atoms with Gasteiger partial charge in [-0.1, -0.05) is 20.3 Å². The lowest BCUT2D eigenvalue weighted by atomic mass is 10.0. The van der Waals surface area contributed by atoms with Crippen LogP contribution < -0.4 is 10.5 Å². The molecule has 0 radical (unpaired) electrons. The van der Waals surface area contributed by atoms with Crippen LogP contribution in [0.25, 0.3) is 0 Å². The van der Waals surface area contributed by atoms with Crippen molar-refractivity contribution in [1.82, 2.24) is 5.32 Å². The minimum atomic E-state index is -4.13. The number of primary sulfonamides is 1. The zero-order valence-electron chi connectivity index (χ0n) is 12.0. The molecule has 0 aromatic heterocycles. The summed E-state index contributed by atoms with van der Waals surface area (Å²) in [6.07, 6.45) is 0.874. The van der Waals surface area contributed by atoms with Crippen LogP contribution in [0.3, 0.4) is 0 Å². The molecule has 0 aliphatic carbocycles.